The van der Waals surface area contributed by atoms with Gasteiger partial charge in [-0.3, -0.25) is 20.2 Å². The first-order valence-corrected chi connectivity index (χ1v) is 6.45. The van der Waals surface area contributed by atoms with Crippen LogP contribution in [0.15, 0.2) is 23.6 Å². The van der Waals surface area contributed by atoms with Crippen LogP contribution in [0, 0.1) is 42.9 Å². The summed E-state index contributed by atoms with van der Waals surface area (Å²) in [4.78, 5) is 19.8. The molecule has 0 radical (unpaired) electrons. The molecule has 0 aromatic carbocycles. The minimum absolute atomic E-state index is 0.0107. The first-order chi connectivity index (χ1) is 9.47. The molecule has 0 aliphatic heterocycles. The van der Waals surface area contributed by atoms with Gasteiger partial charge in [0.1, 0.15) is 21.9 Å². The summed E-state index contributed by atoms with van der Waals surface area (Å²) in [5.41, 5.74) is -0.0125. The Balaban J connectivity index is 0.000000200. The molecule has 2 aromatic heterocycles. The minimum Gasteiger partial charge on any atom is -0.258 e. The van der Waals surface area contributed by atoms with Crippen molar-refractivity contribution in [1.82, 2.24) is 0 Å². The number of thiophene rings is 2. The third kappa shape index (κ3) is 4.13. The SMILES string of the molecule is N#Cc1cc([N+](=O)[O-])cs1.N#Cc1ccc([N+](=O)[O-])s1. The number of rotatable bonds is 2. The van der Waals surface area contributed by atoms with Gasteiger partial charge in [0.15, 0.2) is 0 Å². The minimum atomic E-state index is -0.517. The molecule has 10 heteroatoms. The Bertz CT molecular complexity index is 660. The van der Waals surface area contributed by atoms with Gasteiger partial charge >= 0.3 is 5.00 Å². The standard InChI is InChI=1S/2C5H2N2O2S/c6-2-5-1-4(3-10-5)7(8)9;6-3-4-1-2-5(10-4)7(8)9/h1,3H;1-2H. The zero-order chi connectivity index (χ0) is 15.1. The van der Waals surface area contributed by atoms with E-state index in [2.05, 4.69) is 0 Å². The van der Waals surface area contributed by atoms with Crippen LogP contribution >= 0.6 is 22.7 Å². The van der Waals surface area contributed by atoms with E-state index in [0.717, 1.165) is 22.7 Å². The summed E-state index contributed by atoms with van der Waals surface area (Å²) in [6.45, 7) is 0. The number of nitrogens with zero attached hydrogens (tertiary/aromatic N) is 4. The fraction of sp³-hybridized carbons (Fsp3) is 0. The predicted octanol–water partition coefficient (Wildman–Crippen LogP) is 3.06. The molecular formula is C10H4N4O4S2. The van der Waals surface area contributed by atoms with Crippen LogP contribution in [0.25, 0.3) is 0 Å². The molecule has 0 spiro atoms. The molecule has 0 atom stereocenters. The van der Waals surface area contributed by atoms with Crippen molar-refractivity contribution in [3.63, 3.8) is 0 Å². The predicted molar refractivity (Wildman–Crippen MR) is 71.4 cm³/mol. The summed E-state index contributed by atoms with van der Waals surface area (Å²) >= 11 is 1.96. The van der Waals surface area contributed by atoms with E-state index in [1.807, 2.05) is 12.1 Å². The van der Waals surface area contributed by atoms with Gasteiger partial charge in [0.05, 0.1) is 15.2 Å². The normalized spacial score (nSPS) is 8.70. The molecule has 0 saturated carbocycles. The van der Waals surface area contributed by atoms with Gasteiger partial charge in [0, 0.05) is 12.1 Å². The summed E-state index contributed by atoms with van der Waals surface area (Å²) in [5.74, 6) is 0. The average molecular weight is 308 g/mol. The second-order valence-corrected chi connectivity index (χ2v) is 5.02. The van der Waals surface area contributed by atoms with E-state index >= 15 is 0 Å². The third-order valence-corrected chi connectivity index (χ3v) is 3.55. The molecule has 0 amide bonds. The van der Waals surface area contributed by atoms with Crippen molar-refractivity contribution in [3.05, 3.63) is 53.6 Å². The van der Waals surface area contributed by atoms with Crippen molar-refractivity contribution in [2.24, 2.45) is 0 Å². The van der Waals surface area contributed by atoms with Gasteiger partial charge in [-0.1, -0.05) is 11.3 Å². The Morgan fingerprint density at radius 1 is 1.05 bits per heavy atom. The summed E-state index contributed by atoms with van der Waals surface area (Å²) in [5, 5.41) is 38.0. The summed E-state index contributed by atoms with van der Waals surface area (Å²) in [6.07, 6.45) is 0. The van der Waals surface area contributed by atoms with Gasteiger partial charge in [-0.15, -0.1) is 11.3 Å². The van der Waals surface area contributed by atoms with Crippen LogP contribution < -0.4 is 0 Å². The van der Waals surface area contributed by atoms with Crippen molar-refractivity contribution in [2.45, 2.75) is 0 Å². The van der Waals surface area contributed by atoms with Crippen molar-refractivity contribution in [1.29, 1.82) is 10.5 Å². The second-order valence-electron chi connectivity index (χ2n) is 3.04. The van der Waals surface area contributed by atoms with Gasteiger partial charge < -0.3 is 0 Å². The molecule has 2 aromatic rings. The summed E-state index contributed by atoms with van der Waals surface area (Å²) in [6, 6.07) is 7.64. The van der Waals surface area contributed by atoms with Crippen LogP contribution in [0.1, 0.15) is 9.75 Å². The Morgan fingerprint density at radius 2 is 1.70 bits per heavy atom. The van der Waals surface area contributed by atoms with Gasteiger partial charge in [-0.2, -0.15) is 10.5 Å². The maximum atomic E-state index is 10.0. The molecule has 100 valence electrons. The van der Waals surface area contributed by atoms with Gasteiger partial charge in [0.25, 0.3) is 5.69 Å². The van der Waals surface area contributed by atoms with E-state index in [9.17, 15) is 20.2 Å². The molecule has 2 rings (SSSR count). The van der Waals surface area contributed by atoms with E-state index < -0.39 is 9.85 Å². The second kappa shape index (κ2) is 6.94. The lowest BCUT2D eigenvalue weighted by Gasteiger charge is -1.77. The maximum absolute atomic E-state index is 10.0. The van der Waals surface area contributed by atoms with E-state index in [-0.39, 0.29) is 10.7 Å². The Morgan fingerprint density at radius 3 is 2.00 bits per heavy atom. The number of nitro groups is 2. The first kappa shape index (κ1) is 15.2. The van der Waals surface area contributed by atoms with E-state index in [1.54, 1.807) is 0 Å². The zero-order valence-corrected chi connectivity index (χ0v) is 11.2. The lowest BCUT2D eigenvalue weighted by Crippen LogP contribution is -1.82. The first-order valence-electron chi connectivity index (χ1n) is 4.75. The van der Waals surface area contributed by atoms with E-state index in [1.165, 1.54) is 23.6 Å². The highest BCUT2D eigenvalue weighted by atomic mass is 32.1. The van der Waals surface area contributed by atoms with Crippen molar-refractivity contribution in [3.8, 4) is 12.1 Å². The van der Waals surface area contributed by atoms with Crippen LogP contribution in [0.5, 0.6) is 0 Å². The van der Waals surface area contributed by atoms with Gasteiger partial charge in [-0.25, -0.2) is 0 Å². The van der Waals surface area contributed by atoms with Crippen LogP contribution in [0.4, 0.5) is 10.7 Å². The smallest absolute Gasteiger partial charge is 0.258 e. The van der Waals surface area contributed by atoms with Gasteiger partial charge in [0.2, 0.25) is 0 Å². The van der Waals surface area contributed by atoms with E-state index in [4.69, 9.17) is 10.5 Å². The van der Waals surface area contributed by atoms with Crippen LogP contribution in [-0.4, -0.2) is 9.85 Å². The average Bonchev–Trinajstić information content (AvgIpc) is 3.08. The fourth-order valence-electron chi connectivity index (χ4n) is 0.966. The van der Waals surface area contributed by atoms with Crippen molar-refractivity contribution in [2.75, 3.05) is 0 Å². The highest BCUT2D eigenvalue weighted by molar-refractivity contribution is 7.15. The summed E-state index contributed by atoms with van der Waals surface area (Å²) in [7, 11) is 0. The van der Waals surface area contributed by atoms with Crippen molar-refractivity contribution >= 4 is 33.4 Å². The van der Waals surface area contributed by atoms with E-state index in [0.29, 0.717) is 9.75 Å². The highest BCUT2D eigenvalue weighted by Gasteiger charge is 2.08. The molecule has 0 unspecified atom stereocenters. The fourth-order valence-corrected chi connectivity index (χ4v) is 2.23. The molecule has 0 aliphatic carbocycles. The molecule has 20 heavy (non-hydrogen) atoms. The number of nitriles is 2. The Hall–Kier alpha value is -2.82. The third-order valence-electron chi connectivity index (χ3n) is 1.79. The highest BCUT2D eigenvalue weighted by Crippen LogP contribution is 2.22. The monoisotopic (exact) mass is 308 g/mol. The number of hydrogen-bond donors (Lipinski definition) is 0. The molecule has 0 saturated heterocycles. The lowest BCUT2D eigenvalue weighted by molar-refractivity contribution is -0.384. The van der Waals surface area contributed by atoms with Gasteiger partial charge in [-0.05, 0) is 6.07 Å². The Kier molecular flexibility index (Phi) is 5.29. The molecule has 0 N–H and O–H groups in total. The zero-order valence-electron chi connectivity index (χ0n) is 9.55. The molecule has 0 bridgehead atoms. The molecule has 0 aliphatic rings. The van der Waals surface area contributed by atoms with Crippen LogP contribution in [-0.2, 0) is 0 Å². The molecule has 0 fully saturated rings. The van der Waals surface area contributed by atoms with Crippen LogP contribution in [0.2, 0.25) is 0 Å². The molecular weight excluding hydrogens is 304 g/mol. The summed E-state index contributed by atoms with van der Waals surface area (Å²) < 4.78 is 0. The van der Waals surface area contributed by atoms with Crippen LogP contribution in [0.3, 0.4) is 0 Å². The lowest BCUT2D eigenvalue weighted by atomic mass is 10.4. The van der Waals surface area contributed by atoms with Crippen molar-refractivity contribution < 1.29 is 9.85 Å². The molecule has 8 nitrogen and oxygen atoms in total. The number of hydrogen-bond acceptors (Lipinski definition) is 8. The molecule has 2 heterocycles. The quantitative estimate of drug-likeness (QED) is 0.618. The largest absolute Gasteiger partial charge is 0.325 e. The maximum Gasteiger partial charge on any atom is 0.325 e. The Labute approximate surface area is 120 Å². The topological polar surface area (TPSA) is 134 Å².